The van der Waals surface area contributed by atoms with E-state index < -0.39 is 23.6 Å². The Morgan fingerprint density at radius 1 is 1.09 bits per heavy atom. The normalized spacial score (nSPS) is 16.9. The van der Waals surface area contributed by atoms with Gasteiger partial charge in [0.1, 0.15) is 17.2 Å². The second kappa shape index (κ2) is 8.87. The molecule has 1 aromatic heterocycles. The van der Waals surface area contributed by atoms with Crippen LogP contribution in [0.4, 0.5) is 29.1 Å². The predicted molar refractivity (Wildman–Crippen MR) is 113 cm³/mol. The fraction of sp³-hybridized carbons (Fsp3) is 0.409. The Hall–Kier alpha value is -3.37. The third-order valence-corrected chi connectivity index (χ3v) is 5.94. The van der Waals surface area contributed by atoms with Crippen molar-refractivity contribution < 1.29 is 27.5 Å². The van der Waals surface area contributed by atoms with Crippen molar-refractivity contribution in [3.05, 3.63) is 53.5 Å². The third-order valence-electron chi connectivity index (χ3n) is 5.94. The first-order valence-electron chi connectivity index (χ1n) is 10.5. The molecule has 0 unspecified atom stereocenters. The molecule has 1 fully saturated rings. The van der Waals surface area contributed by atoms with Crippen LogP contribution in [0.5, 0.6) is 6.01 Å². The van der Waals surface area contributed by atoms with Crippen LogP contribution in [-0.4, -0.2) is 58.6 Å². The first-order valence-corrected chi connectivity index (χ1v) is 10.5. The summed E-state index contributed by atoms with van der Waals surface area (Å²) in [6.45, 7) is 5.59. The average molecular weight is 465 g/mol. The van der Waals surface area contributed by atoms with Crippen molar-refractivity contribution in [2.45, 2.75) is 25.6 Å². The highest BCUT2D eigenvalue weighted by molar-refractivity contribution is 5.87. The molecule has 0 aliphatic carbocycles. The van der Waals surface area contributed by atoms with Crippen LogP contribution in [0.15, 0.2) is 30.9 Å². The summed E-state index contributed by atoms with van der Waals surface area (Å²) in [5, 5.41) is 10.2. The summed E-state index contributed by atoms with van der Waals surface area (Å²) in [6, 6.07) is 2.80. The summed E-state index contributed by atoms with van der Waals surface area (Å²) >= 11 is 0. The number of benzene rings is 1. The van der Waals surface area contributed by atoms with Crippen molar-refractivity contribution in [1.82, 2.24) is 14.9 Å². The first kappa shape index (κ1) is 22.8. The number of alkyl halides is 3. The molecule has 11 heteroatoms. The van der Waals surface area contributed by atoms with Gasteiger partial charge in [0.25, 0.3) is 0 Å². The molecule has 0 saturated carbocycles. The Kier molecular flexibility index (Phi) is 6.13. The van der Waals surface area contributed by atoms with Gasteiger partial charge < -0.3 is 19.8 Å². The van der Waals surface area contributed by atoms with Crippen LogP contribution >= 0.6 is 0 Å². The standard InChI is InChI=1S/C22H23F4N5O2/c1-2-18(32)29-9-11-30(12-10-29)20-14-5-4-8-31(13-16(14)27-21(33)28-20)17-7-3-6-15(23)19(17)22(24,25)26/h2-3,6-7H,1,4-5,8-13H2,(H,27,28,33). The van der Waals surface area contributed by atoms with Gasteiger partial charge in [0, 0.05) is 38.3 Å². The number of fused-ring (bicyclic) bond motifs is 1. The number of aromatic nitrogens is 2. The maximum absolute atomic E-state index is 14.1. The summed E-state index contributed by atoms with van der Waals surface area (Å²) in [7, 11) is 0. The van der Waals surface area contributed by atoms with Gasteiger partial charge >= 0.3 is 12.2 Å². The lowest BCUT2D eigenvalue weighted by atomic mass is 10.1. The van der Waals surface area contributed by atoms with Gasteiger partial charge in [-0.15, -0.1) is 0 Å². The van der Waals surface area contributed by atoms with Crippen molar-refractivity contribution in [2.75, 3.05) is 42.5 Å². The molecule has 1 amide bonds. The van der Waals surface area contributed by atoms with Crippen LogP contribution in [0, 0.1) is 5.82 Å². The number of hydrogen-bond acceptors (Lipinski definition) is 6. The SMILES string of the molecule is C=CC(=O)N1CCN(c2nc(O)nc3c2CCCN(c2cccc(F)c2C(F)(F)F)C3)CC1. The monoisotopic (exact) mass is 465 g/mol. The van der Waals surface area contributed by atoms with E-state index >= 15 is 0 Å². The number of hydrogen-bond donors (Lipinski definition) is 1. The largest absolute Gasteiger partial charge is 0.479 e. The Morgan fingerprint density at radius 3 is 2.48 bits per heavy atom. The Bertz CT molecular complexity index is 1070. The molecule has 176 valence electrons. The second-order valence-corrected chi connectivity index (χ2v) is 7.95. The van der Waals surface area contributed by atoms with Crippen LogP contribution in [-0.2, 0) is 23.9 Å². The predicted octanol–water partition coefficient (Wildman–Crippen LogP) is 3.13. The minimum Gasteiger partial charge on any atom is -0.479 e. The van der Waals surface area contributed by atoms with E-state index in [-0.39, 0.29) is 24.7 Å². The fourth-order valence-electron chi connectivity index (χ4n) is 4.39. The summed E-state index contributed by atoms with van der Waals surface area (Å²) in [5.74, 6) is -0.979. The van der Waals surface area contributed by atoms with E-state index in [1.54, 1.807) is 4.90 Å². The van der Waals surface area contributed by atoms with Crippen molar-refractivity contribution >= 4 is 17.4 Å². The summed E-state index contributed by atoms with van der Waals surface area (Å²) in [5.41, 5.74) is -0.428. The summed E-state index contributed by atoms with van der Waals surface area (Å²) in [4.78, 5) is 25.2. The van der Waals surface area contributed by atoms with E-state index in [2.05, 4.69) is 16.5 Å². The molecule has 7 nitrogen and oxygen atoms in total. The molecule has 2 aliphatic heterocycles. The molecule has 0 radical (unpaired) electrons. The Balaban J connectivity index is 1.65. The van der Waals surface area contributed by atoms with E-state index in [9.17, 15) is 27.5 Å². The Morgan fingerprint density at radius 2 is 1.82 bits per heavy atom. The van der Waals surface area contributed by atoms with Gasteiger partial charge in [0.2, 0.25) is 5.91 Å². The van der Waals surface area contributed by atoms with Crippen molar-refractivity contribution in [3.63, 3.8) is 0 Å². The van der Waals surface area contributed by atoms with E-state index in [0.717, 1.165) is 11.6 Å². The second-order valence-electron chi connectivity index (χ2n) is 7.95. The minimum atomic E-state index is -4.85. The van der Waals surface area contributed by atoms with Gasteiger partial charge in [-0.1, -0.05) is 12.6 Å². The number of amides is 1. The lowest BCUT2D eigenvalue weighted by Crippen LogP contribution is -2.48. The molecular formula is C22H23F4N5O2. The number of carbonyl (C=O) groups is 1. The molecule has 1 N–H and O–H groups in total. The molecule has 1 aromatic carbocycles. The van der Waals surface area contributed by atoms with Crippen LogP contribution in [0.1, 0.15) is 23.2 Å². The maximum atomic E-state index is 14.1. The molecule has 4 rings (SSSR count). The molecular weight excluding hydrogens is 442 g/mol. The number of nitrogens with zero attached hydrogens (tertiary/aromatic N) is 5. The van der Waals surface area contributed by atoms with Crippen LogP contribution in [0.2, 0.25) is 0 Å². The number of anilines is 2. The van der Waals surface area contributed by atoms with Crippen molar-refractivity contribution in [2.24, 2.45) is 0 Å². The number of rotatable bonds is 3. The topological polar surface area (TPSA) is 72.8 Å². The highest BCUT2D eigenvalue weighted by atomic mass is 19.4. The summed E-state index contributed by atoms with van der Waals surface area (Å²) < 4.78 is 54.9. The lowest BCUT2D eigenvalue weighted by molar-refractivity contribution is -0.139. The molecule has 3 heterocycles. The molecule has 0 bridgehead atoms. The molecule has 2 aliphatic rings. The van der Waals surface area contributed by atoms with Gasteiger partial charge in [-0.25, -0.2) is 4.39 Å². The van der Waals surface area contributed by atoms with E-state index in [1.807, 2.05) is 4.90 Å². The van der Waals surface area contributed by atoms with Gasteiger partial charge in [0.05, 0.1) is 17.9 Å². The third kappa shape index (κ3) is 4.57. The number of aromatic hydroxyl groups is 1. The lowest BCUT2D eigenvalue weighted by Gasteiger charge is -2.36. The minimum absolute atomic E-state index is 0.0279. The van der Waals surface area contributed by atoms with E-state index in [0.29, 0.717) is 50.5 Å². The van der Waals surface area contributed by atoms with Gasteiger partial charge in [-0.05, 0) is 31.1 Å². The van der Waals surface area contributed by atoms with Gasteiger partial charge in [-0.2, -0.15) is 23.1 Å². The van der Waals surface area contributed by atoms with Gasteiger partial charge in [-0.3, -0.25) is 4.79 Å². The molecule has 33 heavy (non-hydrogen) atoms. The Labute approximate surface area is 188 Å². The highest BCUT2D eigenvalue weighted by Crippen LogP contribution is 2.40. The zero-order valence-electron chi connectivity index (χ0n) is 17.8. The van der Waals surface area contributed by atoms with E-state index in [1.165, 1.54) is 23.1 Å². The average Bonchev–Trinajstić information content (AvgIpc) is 2.99. The van der Waals surface area contributed by atoms with Crippen LogP contribution in [0.3, 0.4) is 0 Å². The van der Waals surface area contributed by atoms with Crippen molar-refractivity contribution in [3.8, 4) is 6.01 Å². The van der Waals surface area contributed by atoms with Crippen LogP contribution < -0.4 is 9.80 Å². The number of carbonyl (C=O) groups excluding carboxylic acids is 1. The van der Waals surface area contributed by atoms with Gasteiger partial charge in [0.15, 0.2) is 0 Å². The van der Waals surface area contributed by atoms with Crippen LogP contribution in [0.25, 0.3) is 0 Å². The number of piperazine rings is 1. The maximum Gasteiger partial charge on any atom is 0.421 e. The first-order chi connectivity index (χ1) is 15.7. The smallest absolute Gasteiger partial charge is 0.421 e. The highest BCUT2D eigenvalue weighted by Gasteiger charge is 2.39. The van der Waals surface area contributed by atoms with Crippen molar-refractivity contribution in [1.29, 1.82) is 0 Å². The molecule has 2 aromatic rings. The summed E-state index contributed by atoms with van der Waals surface area (Å²) in [6.07, 6.45) is -2.60. The molecule has 1 saturated heterocycles. The zero-order valence-corrected chi connectivity index (χ0v) is 17.8. The zero-order chi connectivity index (χ0) is 23.8. The number of halogens is 4. The molecule has 0 atom stereocenters. The fourth-order valence-corrected chi connectivity index (χ4v) is 4.39. The quantitative estimate of drug-likeness (QED) is 0.555. The van der Waals surface area contributed by atoms with E-state index in [4.69, 9.17) is 0 Å². The molecule has 0 spiro atoms.